The highest BCUT2D eigenvalue weighted by atomic mass is 32.2. The molecule has 2 aromatic carbocycles. The van der Waals surface area contributed by atoms with E-state index in [1.807, 2.05) is 0 Å². The molecule has 5 atom stereocenters. The monoisotopic (exact) mass is 486 g/mol. The lowest BCUT2D eigenvalue weighted by molar-refractivity contribution is 0.550. The maximum Gasteiger partial charge on any atom is 0.0613 e. The fourth-order valence-corrected chi connectivity index (χ4v) is 18.3. The average Bonchev–Trinajstić information content (AvgIpc) is 3.54. The molecule has 1 saturated carbocycles. The largest absolute Gasteiger partial charge is 0.149 e. The van der Waals surface area contributed by atoms with Crippen molar-refractivity contribution in [2.24, 2.45) is 11.8 Å². The van der Waals surface area contributed by atoms with Gasteiger partial charge in [-0.3, -0.25) is 0 Å². The van der Waals surface area contributed by atoms with Crippen molar-refractivity contribution in [3.05, 3.63) is 87.6 Å². The number of hydrogen-bond donors (Lipinski definition) is 0. The highest BCUT2D eigenvalue weighted by Crippen LogP contribution is 2.62. The molecular formula is C30H34S2Si. The zero-order valence-electron chi connectivity index (χ0n) is 20.2. The third-order valence-electron chi connectivity index (χ3n) is 8.79. The van der Waals surface area contributed by atoms with Crippen LogP contribution < -0.4 is 0 Å². The molecule has 2 heterocycles. The fraction of sp³-hybridized carbons (Fsp3) is 0.400. The van der Waals surface area contributed by atoms with Gasteiger partial charge in [-0.05, 0) is 69.0 Å². The molecule has 3 aromatic rings. The molecule has 6 rings (SSSR count). The highest BCUT2D eigenvalue weighted by Gasteiger charge is 2.55. The predicted molar refractivity (Wildman–Crippen MR) is 150 cm³/mol. The third kappa shape index (κ3) is 3.45. The molecule has 0 radical (unpaired) electrons. The van der Waals surface area contributed by atoms with Crippen LogP contribution in [0.2, 0.25) is 18.6 Å². The number of benzene rings is 2. The molecule has 0 amide bonds. The second kappa shape index (κ2) is 8.29. The summed E-state index contributed by atoms with van der Waals surface area (Å²) in [5.41, 5.74) is 11.2. The Morgan fingerprint density at radius 3 is 2.18 bits per heavy atom. The van der Waals surface area contributed by atoms with E-state index in [4.69, 9.17) is 0 Å². The number of rotatable bonds is 4. The van der Waals surface area contributed by atoms with Crippen molar-refractivity contribution in [3.8, 4) is 11.1 Å². The van der Waals surface area contributed by atoms with E-state index in [-0.39, 0.29) is 0 Å². The van der Waals surface area contributed by atoms with Crippen LogP contribution >= 0.6 is 23.1 Å². The minimum atomic E-state index is -1.56. The third-order valence-corrected chi connectivity index (χ3v) is 16.8. The first-order valence-corrected chi connectivity index (χ1v) is 17.6. The van der Waals surface area contributed by atoms with Gasteiger partial charge < -0.3 is 0 Å². The van der Waals surface area contributed by atoms with Crippen molar-refractivity contribution in [1.82, 2.24) is 0 Å². The standard InChI is InChI=1S/C30H34S2Si/c1-19-15-23-25(21-11-7-5-8-12-21)17-31-27(23)29(19)33(3,4)30-20(2)16-24-26(18-32-28(24)30)22-13-9-6-10-14-22/h5-14,17,19-20,28-30H,15-16,18H2,1-4H3. The topological polar surface area (TPSA) is 0 Å². The maximum atomic E-state index is 2.75. The molecule has 0 bridgehead atoms. The van der Waals surface area contributed by atoms with E-state index in [1.165, 1.54) is 35.3 Å². The van der Waals surface area contributed by atoms with Crippen LogP contribution in [0.4, 0.5) is 0 Å². The molecule has 33 heavy (non-hydrogen) atoms. The minimum Gasteiger partial charge on any atom is -0.149 e. The molecule has 0 nitrogen and oxygen atoms in total. The number of fused-ring (bicyclic) bond motifs is 2. The van der Waals surface area contributed by atoms with E-state index in [2.05, 4.69) is 116 Å². The van der Waals surface area contributed by atoms with Crippen molar-refractivity contribution in [2.75, 3.05) is 5.75 Å². The van der Waals surface area contributed by atoms with Crippen molar-refractivity contribution < 1.29 is 0 Å². The van der Waals surface area contributed by atoms with Crippen LogP contribution in [0.1, 0.15) is 41.8 Å². The summed E-state index contributed by atoms with van der Waals surface area (Å²) < 4.78 is 0. The van der Waals surface area contributed by atoms with E-state index in [0.717, 1.165) is 28.2 Å². The molecule has 0 spiro atoms. The predicted octanol–water partition coefficient (Wildman–Crippen LogP) is 8.92. The molecule has 1 aromatic heterocycles. The molecule has 0 saturated heterocycles. The highest BCUT2D eigenvalue weighted by molar-refractivity contribution is 8.01. The van der Waals surface area contributed by atoms with Gasteiger partial charge in [0.1, 0.15) is 0 Å². The summed E-state index contributed by atoms with van der Waals surface area (Å²) >= 11 is 4.33. The summed E-state index contributed by atoms with van der Waals surface area (Å²) in [7, 11) is -1.56. The Morgan fingerprint density at radius 2 is 1.48 bits per heavy atom. The van der Waals surface area contributed by atoms with Gasteiger partial charge in [-0.15, -0.1) is 23.1 Å². The normalized spacial score (nSPS) is 28.9. The lowest BCUT2D eigenvalue weighted by Gasteiger charge is -2.42. The average molecular weight is 487 g/mol. The Labute approximate surface area is 208 Å². The first kappa shape index (κ1) is 21.9. The Bertz CT molecular complexity index is 1190. The Balaban J connectivity index is 1.36. The number of hydrogen-bond acceptors (Lipinski definition) is 2. The van der Waals surface area contributed by atoms with Crippen molar-refractivity contribution in [3.63, 3.8) is 0 Å². The van der Waals surface area contributed by atoms with Gasteiger partial charge in [0.2, 0.25) is 0 Å². The summed E-state index contributed by atoms with van der Waals surface area (Å²) in [4.78, 5) is 1.74. The van der Waals surface area contributed by atoms with E-state index < -0.39 is 8.07 Å². The molecule has 5 unspecified atom stereocenters. The van der Waals surface area contributed by atoms with Crippen LogP contribution in [-0.4, -0.2) is 19.1 Å². The SMILES string of the molecule is CC1Cc2c(-c3ccccc3)csc2C1[Si](C)(C)C1C(C)CC2=C(c3ccccc3)CSC21. The summed E-state index contributed by atoms with van der Waals surface area (Å²) in [6.07, 6.45) is 2.58. The zero-order chi connectivity index (χ0) is 22.7. The van der Waals surface area contributed by atoms with Gasteiger partial charge >= 0.3 is 0 Å². The van der Waals surface area contributed by atoms with Crippen LogP contribution in [0, 0.1) is 11.8 Å². The van der Waals surface area contributed by atoms with E-state index in [1.54, 1.807) is 21.6 Å². The van der Waals surface area contributed by atoms with E-state index in [0.29, 0.717) is 0 Å². The van der Waals surface area contributed by atoms with Crippen LogP contribution in [0.3, 0.4) is 0 Å². The van der Waals surface area contributed by atoms with E-state index >= 15 is 0 Å². The maximum absolute atomic E-state index is 2.75. The van der Waals surface area contributed by atoms with Crippen LogP contribution in [0.5, 0.6) is 0 Å². The van der Waals surface area contributed by atoms with Gasteiger partial charge in [-0.2, -0.15) is 0 Å². The Hall–Kier alpha value is -1.55. The molecule has 2 aliphatic carbocycles. The quantitative estimate of drug-likeness (QED) is 0.332. The molecule has 3 heteroatoms. The van der Waals surface area contributed by atoms with Crippen molar-refractivity contribution in [1.29, 1.82) is 0 Å². The zero-order valence-corrected chi connectivity index (χ0v) is 22.8. The second-order valence-corrected chi connectivity index (χ2v) is 18.1. The lowest BCUT2D eigenvalue weighted by atomic mass is 10.00. The van der Waals surface area contributed by atoms with Crippen LogP contribution in [0.25, 0.3) is 16.7 Å². The molecule has 1 aliphatic heterocycles. The second-order valence-electron chi connectivity index (χ2n) is 11.1. The number of thiophene rings is 1. The minimum absolute atomic E-state index is 0.752. The van der Waals surface area contributed by atoms with Crippen molar-refractivity contribution in [2.45, 2.75) is 56.1 Å². The van der Waals surface area contributed by atoms with Gasteiger partial charge in [0.15, 0.2) is 0 Å². The molecule has 0 N–H and O–H groups in total. The first-order valence-electron chi connectivity index (χ1n) is 12.5. The van der Waals surface area contributed by atoms with Gasteiger partial charge in [-0.1, -0.05) is 93.2 Å². The Kier molecular flexibility index (Phi) is 5.51. The summed E-state index contributed by atoms with van der Waals surface area (Å²) in [5, 5.41) is 3.21. The van der Waals surface area contributed by atoms with Crippen LogP contribution in [0.15, 0.2) is 71.6 Å². The molecule has 1 fully saturated rings. The van der Waals surface area contributed by atoms with Crippen LogP contribution in [-0.2, 0) is 6.42 Å². The van der Waals surface area contributed by atoms with Gasteiger partial charge in [0.05, 0.1) is 8.07 Å². The Morgan fingerprint density at radius 1 is 0.818 bits per heavy atom. The fourth-order valence-electron chi connectivity index (χ4n) is 7.61. The lowest BCUT2D eigenvalue weighted by Crippen LogP contribution is -2.45. The summed E-state index contributed by atoms with van der Waals surface area (Å²) in [6, 6.07) is 22.3. The summed E-state index contributed by atoms with van der Waals surface area (Å²) in [6.45, 7) is 10.6. The molecular weight excluding hydrogens is 453 g/mol. The van der Waals surface area contributed by atoms with Gasteiger partial charge in [-0.25, -0.2) is 0 Å². The first-order chi connectivity index (χ1) is 16.0. The molecule has 3 aliphatic rings. The van der Waals surface area contributed by atoms with Gasteiger partial charge in [0, 0.05) is 15.9 Å². The molecule has 170 valence electrons. The smallest absolute Gasteiger partial charge is 0.0613 e. The van der Waals surface area contributed by atoms with Gasteiger partial charge in [0.25, 0.3) is 0 Å². The number of thioether (sulfide) groups is 1. The van der Waals surface area contributed by atoms with Crippen molar-refractivity contribution >= 4 is 36.7 Å². The van der Waals surface area contributed by atoms with E-state index in [9.17, 15) is 0 Å². The summed E-state index contributed by atoms with van der Waals surface area (Å²) in [5.74, 6) is 2.79.